The Bertz CT molecular complexity index is 473. The molecule has 0 radical (unpaired) electrons. The Hall–Kier alpha value is -1.18. The van der Waals surface area contributed by atoms with Crippen LogP contribution in [0.5, 0.6) is 0 Å². The minimum Gasteiger partial charge on any atom is -0.481 e. The van der Waals surface area contributed by atoms with E-state index in [1.165, 1.54) is 4.90 Å². The van der Waals surface area contributed by atoms with Gasteiger partial charge in [-0.05, 0) is 11.8 Å². The molecule has 6 nitrogen and oxygen atoms in total. The number of rotatable bonds is 5. The number of carbonyl (C=O) groups is 2. The number of hydrogen-bond donors (Lipinski definition) is 1. The highest BCUT2D eigenvalue weighted by molar-refractivity contribution is 7.87. The molecule has 8 heteroatoms. The number of carboxylic acid groups (broad SMARTS) is 1. The van der Waals surface area contributed by atoms with Crippen molar-refractivity contribution in [1.29, 1.82) is 0 Å². The second-order valence-electron chi connectivity index (χ2n) is 5.64. The summed E-state index contributed by atoms with van der Waals surface area (Å²) in [5.74, 6) is -1.33. The number of carbonyl (C=O) groups excluding carboxylic acids is 1. The number of halogens is 1. The highest BCUT2D eigenvalue weighted by Gasteiger charge is 2.36. The Morgan fingerprint density at radius 2 is 1.95 bits per heavy atom. The van der Waals surface area contributed by atoms with Crippen molar-refractivity contribution in [2.24, 2.45) is 5.41 Å². The predicted molar refractivity (Wildman–Crippen MR) is 65.7 cm³/mol. The summed E-state index contributed by atoms with van der Waals surface area (Å²) in [5, 5.41) is 7.57. The second kappa shape index (κ2) is 5.44. The lowest BCUT2D eigenvalue weighted by Crippen LogP contribution is -2.34. The average molecular weight is 295 g/mol. The maximum Gasteiger partial charge on any atom is 0.307 e. The Labute approximate surface area is 111 Å². The molecule has 1 atom stereocenters. The monoisotopic (exact) mass is 295 g/mol. The number of aliphatic carboxylic acids is 1. The number of carboxylic acids is 1. The zero-order valence-corrected chi connectivity index (χ0v) is 11.7. The standard InChI is InChI=1S/C11H18FNO5S/c1-11(2,6-10(15)16)5-9(14)13-4-3-8(7-13)19(12,17)18/h8H,3-7H2,1-2H3,(H,15,16). The summed E-state index contributed by atoms with van der Waals surface area (Å²) in [6, 6.07) is 0. The quantitative estimate of drug-likeness (QED) is 0.757. The third kappa shape index (κ3) is 4.77. The SMILES string of the molecule is CC(C)(CC(=O)O)CC(=O)N1CCC(S(=O)(=O)F)C1. The van der Waals surface area contributed by atoms with Gasteiger partial charge >= 0.3 is 16.2 Å². The minimum absolute atomic E-state index is 0.00163. The van der Waals surface area contributed by atoms with Gasteiger partial charge in [-0.2, -0.15) is 8.42 Å². The first-order valence-corrected chi connectivity index (χ1v) is 7.39. The minimum atomic E-state index is -4.62. The molecule has 0 aromatic carbocycles. The van der Waals surface area contributed by atoms with Crippen LogP contribution in [0.2, 0.25) is 0 Å². The van der Waals surface area contributed by atoms with Gasteiger partial charge in [0.05, 0.1) is 6.42 Å². The van der Waals surface area contributed by atoms with Crippen LogP contribution in [0.4, 0.5) is 3.89 Å². The third-order valence-electron chi connectivity index (χ3n) is 3.16. The van der Waals surface area contributed by atoms with Crippen molar-refractivity contribution in [3.8, 4) is 0 Å². The van der Waals surface area contributed by atoms with Crippen LogP contribution in [-0.2, 0) is 19.8 Å². The van der Waals surface area contributed by atoms with Crippen molar-refractivity contribution in [3.63, 3.8) is 0 Å². The summed E-state index contributed by atoms with van der Waals surface area (Å²) in [6.07, 6.45) is -0.0697. The summed E-state index contributed by atoms with van der Waals surface area (Å²) < 4.78 is 34.3. The van der Waals surface area contributed by atoms with Crippen LogP contribution >= 0.6 is 0 Å². The summed E-state index contributed by atoms with van der Waals surface area (Å²) in [4.78, 5) is 23.9. The highest BCUT2D eigenvalue weighted by Crippen LogP contribution is 2.28. The molecule has 1 rings (SSSR count). The molecule has 1 aliphatic rings. The molecule has 1 amide bonds. The molecule has 1 heterocycles. The molecule has 0 saturated carbocycles. The fraction of sp³-hybridized carbons (Fsp3) is 0.818. The molecule has 0 spiro atoms. The maximum absolute atomic E-state index is 12.8. The molecule has 0 aliphatic carbocycles. The normalized spacial score (nSPS) is 20.6. The largest absolute Gasteiger partial charge is 0.481 e. The van der Waals surface area contributed by atoms with Gasteiger partial charge in [0.15, 0.2) is 0 Å². The molecule has 1 unspecified atom stereocenters. The van der Waals surface area contributed by atoms with E-state index in [9.17, 15) is 21.9 Å². The summed E-state index contributed by atoms with van der Waals surface area (Å²) in [6.45, 7) is 3.34. The van der Waals surface area contributed by atoms with E-state index in [0.717, 1.165) is 0 Å². The molecule has 1 fully saturated rings. The molecule has 0 aromatic heterocycles. The van der Waals surface area contributed by atoms with Crippen molar-refractivity contribution >= 4 is 22.1 Å². The van der Waals surface area contributed by atoms with Gasteiger partial charge in [-0.3, -0.25) is 9.59 Å². The summed E-state index contributed by atoms with van der Waals surface area (Å²) in [7, 11) is -4.62. The molecule has 0 bridgehead atoms. The molecule has 1 N–H and O–H groups in total. The fourth-order valence-electron chi connectivity index (χ4n) is 2.18. The van der Waals surface area contributed by atoms with Gasteiger partial charge in [0.1, 0.15) is 5.25 Å². The van der Waals surface area contributed by atoms with Crippen molar-refractivity contribution in [2.45, 2.75) is 38.4 Å². The number of amides is 1. The van der Waals surface area contributed by atoms with Crippen LogP contribution in [-0.4, -0.2) is 48.6 Å². The Kier molecular flexibility index (Phi) is 4.54. The van der Waals surface area contributed by atoms with Gasteiger partial charge in [-0.15, -0.1) is 3.89 Å². The third-order valence-corrected chi connectivity index (χ3v) is 4.34. The lowest BCUT2D eigenvalue weighted by Gasteiger charge is -2.25. The van der Waals surface area contributed by atoms with E-state index in [1.807, 2.05) is 0 Å². The molecular formula is C11H18FNO5S. The lowest BCUT2D eigenvalue weighted by atomic mass is 9.85. The first-order valence-electron chi connectivity index (χ1n) is 5.94. The Morgan fingerprint density at radius 1 is 1.37 bits per heavy atom. The Balaban J connectivity index is 2.59. The number of hydrogen-bond acceptors (Lipinski definition) is 4. The van der Waals surface area contributed by atoms with E-state index in [1.54, 1.807) is 13.8 Å². The molecule has 110 valence electrons. The van der Waals surface area contributed by atoms with Crippen molar-refractivity contribution in [1.82, 2.24) is 4.90 Å². The van der Waals surface area contributed by atoms with Crippen LogP contribution in [0.1, 0.15) is 33.1 Å². The lowest BCUT2D eigenvalue weighted by molar-refractivity contribution is -0.140. The first-order chi connectivity index (χ1) is 8.51. The molecule has 0 aromatic rings. The van der Waals surface area contributed by atoms with E-state index in [4.69, 9.17) is 5.11 Å². The second-order valence-corrected chi connectivity index (χ2v) is 7.26. The smallest absolute Gasteiger partial charge is 0.307 e. The first kappa shape index (κ1) is 15.9. The van der Waals surface area contributed by atoms with Crippen LogP contribution in [0, 0.1) is 5.41 Å². The van der Waals surface area contributed by atoms with Crippen molar-refractivity contribution in [3.05, 3.63) is 0 Å². The van der Waals surface area contributed by atoms with E-state index < -0.39 is 26.9 Å². The Morgan fingerprint density at radius 3 is 2.37 bits per heavy atom. The van der Waals surface area contributed by atoms with Crippen LogP contribution in [0.3, 0.4) is 0 Å². The van der Waals surface area contributed by atoms with Gasteiger partial charge in [0, 0.05) is 19.5 Å². The van der Waals surface area contributed by atoms with E-state index in [2.05, 4.69) is 0 Å². The maximum atomic E-state index is 12.8. The molecule has 1 aliphatic heterocycles. The number of likely N-dealkylation sites (tertiary alicyclic amines) is 1. The zero-order valence-electron chi connectivity index (χ0n) is 10.9. The van der Waals surface area contributed by atoms with Gasteiger partial charge in [-0.25, -0.2) is 0 Å². The number of nitrogens with zero attached hydrogens (tertiary/aromatic N) is 1. The van der Waals surface area contributed by atoms with Crippen LogP contribution < -0.4 is 0 Å². The predicted octanol–water partition coefficient (Wildman–Crippen LogP) is 0.778. The van der Waals surface area contributed by atoms with E-state index >= 15 is 0 Å². The van der Waals surface area contributed by atoms with Gasteiger partial charge < -0.3 is 10.0 Å². The van der Waals surface area contributed by atoms with E-state index in [0.29, 0.717) is 0 Å². The van der Waals surface area contributed by atoms with Crippen LogP contribution in [0.25, 0.3) is 0 Å². The summed E-state index contributed by atoms with van der Waals surface area (Å²) in [5.41, 5.74) is -0.713. The van der Waals surface area contributed by atoms with Crippen LogP contribution in [0.15, 0.2) is 0 Å². The average Bonchev–Trinajstić information content (AvgIpc) is 2.61. The molecule has 1 saturated heterocycles. The highest BCUT2D eigenvalue weighted by atomic mass is 32.3. The van der Waals surface area contributed by atoms with Gasteiger partial charge in [0.25, 0.3) is 0 Å². The van der Waals surface area contributed by atoms with Gasteiger partial charge in [-0.1, -0.05) is 13.8 Å². The zero-order chi connectivity index (χ0) is 14.8. The van der Waals surface area contributed by atoms with Crippen molar-refractivity contribution in [2.75, 3.05) is 13.1 Å². The topological polar surface area (TPSA) is 91.8 Å². The van der Waals surface area contributed by atoms with Crippen molar-refractivity contribution < 1.29 is 27.0 Å². The van der Waals surface area contributed by atoms with Gasteiger partial charge in [0.2, 0.25) is 5.91 Å². The molecular weight excluding hydrogens is 277 g/mol. The summed E-state index contributed by atoms with van der Waals surface area (Å²) >= 11 is 0. The van der Waals surface area contributed by atoms with E-state index in [-0.39, 0.29) is 38.3 Å². The fourth-order valence-corrected chi connectivity index (χ4v) is 2.92. The molecule has 19 heavy (non-hydrogen) atoms.